The topological polar surface area (TPSA) is 36.7 Å². The van der Waals surface area contributed by atoms with Gasteiger partial charge in [0.15, 0.2) is 0 Å². The summed E-state index contributed by atoms with van der Waals surface area (Å²) in [7, 11) is 0. The van der Waals surface area contributed by atoms with E-state index in [2.05, 4.69) is 4.98 Å². The average Bonchev–Trinajstić information content (AvgIpc) is 3.16. The molecule has 1 aliphatic carbocycles. The highest BCUT2D eigenvalue weighted by Crippen LogP contribution is 2.65. The van der Waals surface area contributed by atoms with Crippen LogP contribution in [0.1, 0.15) is 27.3 Å². The van der Waals surface area contributed by atoms with E-state index in [-0.39, 0.29) is 16.0 Å². The maximum atomic E-state index is 15.0. The highest BCUT2D eigenvalue weighted by atomic mass is 32.1. The summed E-state index contributed by atoms with van der Waals surface area (Å²) in [6.45, 7) is 2.76. The summed E-state index contributed by atoms with van der Waals surface area (Å²) in [5, 5.41) is 8.92. The first-order chi connectivity index (χ1) is 14.9. The molecule has 2 nitrogen and oxygen atoms in total. The zero-order valence-electron chi connectivity index (χ0n) is 16.7. The smallest absolute Gasteiger partial charge is 0.256 e. The first-order valence-corrected chi connectivity index (χ1v) is 10.2. The third-order valence-corrected chi connectivity index (χ3v) is 6.50. The third-order valence-electron chi connectivity index (χ3n) is 5.40. The minimum absolute atomic E-state index is 0.0772. The molecule has 0 bridgehead atoms. The molecule has 3 aromatic rings. The molecule has 4 rings (SSSR count). The molecule has 0 spiro atoms. The summed E-state index contributed by atoms with van der Waals surface area (Å²) >= 11 is 1.01. The van der Waals surface area contributed by atoms with Crippen LogP contribution in [0, 0.1) is 25.2 Å². The Morgan fingerprint density at radius 3 is 2.12 bits per heavy atom. The molecule has 1 aliphatic rings. The van der Waals surface area contributed by atoms with Crippen molar-refractivity contribution in [2.24, 2.45) is 0 Å². The fourth-order valence-corrected chi connectivity index (χ4v) is 4.76. The maximum Gasteiger partial charge on any atom is 0.380 e. The molecule has 1 aromatic carbocycles. The molecule has 9 heteroatoms. The molecule has 0 atom stereocenters. The summed E-state index contributed by atoms with van der Waals surface area (Å²) in [5.74, 6) is -15.9. The van der Waals surface area contributed by atoms with Gasteiger partial charge in [0.2, 0.25) is 0 Å². The molecule has 164 valence electrons. The molecule has 0 unspecified atom stereocenters. The van der Waals surface area contributed by atoms with Gasteiger partial charge in [-0.05, 0) is 54.8 Å². The Kier molecular flexibility index (Phi) is 4.97. The van der Waals surface area contributed by atoms with E-state index in [4.69, 9.17) is 5.26 Å². The Balaban J connectivity index is 2.00. The molecular weight excluding hydrogens is 450 g/mol. The highest BCUT2D eigenvalue weighted by molar-refractivity contribution is 7.15. The van der Waals surface area contributed by atoms with Crippen molar-refractivity contribution in [2.75, 3.05) is 0 Å². The SMILES string of the molecule is Cc1cccnc1C1=C(c2cc(-c3ccc(C#N)cc3)sc2C)C(F)(F)C(F)(F)C1(F)F. The number of pyridine rings is 1. The fraction of sp³-hybridized carbons (Fsp3) is 0.217. The van der Waals surface area contributed by atoms with E-state index in [1.54, 1.807) is 12.1 Å². The van der Waals surface area contributed by atoms with Crippen LogP contribution in [0.15, 0.2) is 48.7 Å². The van der Waals surface area contributed by atoms with Crippen molar-refractivity contribution in [1.82, 2.24) is 4.98 Å². The number of hydrogen-bond donors (Lipinski definition) is 0. The second kappa shape index (κ2) is 7.20. The average molecular weight is 464 g/mol. The van der Waals surface area contributed by atoms with Crippen molar-refractivity contribution in [1.29, 1.82) is 5.26 Å². The number of nitriles is 1. The number of halogens is 6. The Hall–Kier alpha value is -3.12. The van der Waals surface area contributed by atoms with Crippen LogP contribution in [0.4, 0.5) is 26.3 Å². The summed E-state index contributed by atoms with van der Waals surface area (Å²) in [5.41, 5.74) is -2.85. The molecule has 0 saturated heterocycles. The minimum atomic E-state index is -5.63. The van der Waals surface area contributed by atoms with Crippen LogP contribution in [0.5, 0.6) is 0 Å². The van der Waals surface area contributed by atoms with Crippen molar-refractivity contribution in [3.05, 3.63) is 75.9 Å². The zero-order chi connectivity index (χ0) is 23.5. The molecule has 0 N–H and O–H groups in total. The summed E-state index contributed by atoms with van der Waals surface area (Å²) in [4.78, 5) is 4.34. The molecule has 0 fully saturated rings. The lowest BCUT2D eigenvalue weighted by molar-refractivity contribution is -0.254. The number of benzene rings is 1. The van der Waals surface area contributed by atoms with Crippen molar-refractivity contribution in [2.45, 2.75) is 31.6 Å². The normalized spacial score (nSPS) is 18.6. The van der Waals surface area contributed by atoms with Crippen LogP contribution in [-0.2, 0) is 0 Å². The lowest BCUT2D eigenvalue weighted by atomic mass is 9.95. The van der Waals surface area contributed by atoms with Crippen molar-refractivity contribution in [3.63, 3.8) is 0 Å². The van der Waals surface area contributed by atoms with E-state index in [0.717, 1.165) is 17.5 Å². The number of aryl methyl sites for hydroxylation is 2. The molecule has 2 aromatic heterocycles. The Morgan fingerprint density at radius 1 is 0.906 bits per heavy atom. The number of rotatable bonds is 3. The van der Waals surface area contributed by atoms with E-state index in [9.17, 15) is 26.3 Å². The zero-order valence-corrected chi connectivity index (χ0v) is 17.5. The van der Waals surface area contributed by atoms with Crippen LogP contribution >= 0.6 is 11.3 Å². The largest absolute Gasteiger partial charge is 0.380 e. The van der Waals surface area contributed by atoms with Crippen LogP contribution in [0.2, 0.25) is 0 Å². The second-order valence-corrected chi connectivity index (χ2v) is 8.67. The summed E-state index contributed by atoms with van der Waals surface area (Å²) in [6.07, 6.45) is 1.10. The van der Waals surface area contributed by atoms with Crippen LogP contribution in [-0.4, -0.2) is 22.8 Å². The second-order valence-electron chi connectivity index (χ2n) is 7.41. The lowest BCUT2D eigenvalue weighted by Crippen LogP contribution is -2.49. The monoisotopic (exact) mass is 464 g/mol. The molecular formula is C23H14F6N2S. The predicted molar refractivity (Wildman–Crippen MR) is 110 cm³/mol. The summed E-state index contributed by atoms with van der Waals surface area (Å²) < 4.78 is 88.6. The molecule has 2 heterocycles. The Morgan fingerprint density at radius 2 is 1.53 bits per heavy atom. The van der Waals surface area contributed by atoms with Gasteiger partial charge in [-0.2, -0.15) is 31.6 Å². The minimum Gasteiger partial charge on any atom is -0.256 e. The quantitative estimate of drug-likeness (QED) is 0.387. The maximum absolute atomic E-state index is 15.0. The van der Waals surface area contributed by atoms with Gasteiger partial charge >= 0.3 is 17.8 Å². The number of allylic oxidation sites excluding steroid dienone is 2. The van der Waals surface area contributed by atoms with Crippen molar-refractivity contribution < 1.29 is 26.3 Å². The number of alkyl halides is 6. The highest BCUT2D eigenvalue weighted by Gasteiger charge is 2.80. The van der Waals surface area contributed by atoms with E-state index in [1.165, 1.54) is 44.2 Å². The van der Waals surface area contributed by atoms with E-state index < -0.39 is 34.6 Å². The van der Waals surface area contributed by atoms with Gasteiger partial charge < -0.3 is 0 Å². The van der Waals surface area contributed by atoms with Crippen molar-refractivity contribution >= 4 is 22.5 Å². The van der Waals surface area contributed by atoms with Gasteiger partial charge in [0, 0.05) is 21.5 Å². The van der Waals surface area contributed by atoms with Gasteiger partial charge in [-0.15, -0.1) is 11.3 Å². The molecule has 32 heavy (non-hydrogen) atoms. The number of nitrogens with zero attached hydrogens (tertiary/aromatic N) is 2. The van der Waals surface area contributed by atoms with Gasteiger partial charge in [0.1, 0.15) is 0 Å². The number of aromatic nitrogens is 1. The van der Waals surface area contributed by atoms with Crippen LogP contribution in [0.25, 0.3) is 21.6 Å². The van der Waals surface area contributed by atoms with Gasteiger partial charge in [-0.1, -0.05) is 18.2 Å². The molecule has 0 saturated carbocycles. The summed E-state index contributed by atoms with van der Waals surface area (Å²) in [6, 6.07) is 12.1. The van der Waals surface area contributed by atoms with Gasteiger partial charge in [-0.25, -0.2) is 0 Å². The molecule has 0 radical (unpaired) electrons. The Labute approximate surface area is 183 Å². The van der Waals surface area contributed by atoms with E-state index in [1.807, 2.05) is 6.07 Å². The van der Waals surface area contributed by atoms with Gasteiger partial charge in [-0.3, -0.25) is 4.98 Å². The Bertz CT molecular complexity index is 1280. The van der Waals surface area contributed by atoms with E-state index in [0.29, 0.717) is 16.0 Å². The lowest BCUT2D eigenvalue weighted by Gasteiger charge is -2.25. The van der Waals surface area contributed by atoms with Gasteiger partial charge in [0.25, 0.3) is 0 Å². The number of hydrogen-bond acceptors (Lipinski definition) is 3. The standard InChI is InChI=1S/C23H14F6N2S/c1-12-4-3-9-31-20(12)19-18(21(24,25)23(28,29)22(19,26)27)16-10-17(32-13(16)2)15-7-5-14(11-30)6-8-15/h3-10H,1-2H3. The fourth-order valence-electron chi connectivity index (χ4n) is 3.73. The molecule has 0 aliphatic heterocycles. The van der Waals surface area contributed by atoms with E-state index >= 15 is 0 Å². The number of thiophene rings is 1. The van der Waals surface area contributed by atoms with Gasteiger partial charge in [0.05, 0.1) is 22.9 Å². The van der Waals surface area contributed by atoms with Crippen LogP contribution < -0.4 is 0 Å². The molecule has 0 amide bonds. The third kappa shape index (κ3) is 2.97. The first-order valence-electron chi connectivity index (χ1n) is 9.35. The van der Waals surface area contributed by atoms with Crippen molar-refractivity contribution in [3.8, 4) is 16.5 Å². The first kappa shape index (κ1) is 22.1. The van der Waals surface area contributed by atoms with Crippen LogP contribution in [0.3, 0.4) is 0 Å². The predicted octanol–water partition coefficient (Wildman–Crippen LogP) is 7.13.